The van der Waals surface area contributed by atoms with Crippen molar-refractivity contribution >= 4 is 17.7 Å². The number of anilines is 1. The molecule has 1 unspecified atom stereocenters. The molecule has 0 spiro atoms. The van der Waals surface area contributed by atoms with Crippen LogP contribution in [-0.2, 0) is 9.53 Å². The Labute approximate surface area is 158 Å². The number of ketones is 1. The van der Waals surface area contributed by atoms with Crippen LogP contribution in [0.2, 0.25) is 0 Å². The molecule has 1 aliphatic heterocycles. The van der Waals surface area contributed by atoms with E-state index in [1.54, 1.807) is 42.7 Å². The first kappa shape index (κ1) is 18.8. The molecule has 7 nitrogen and oxygen atoms in total. The minimum atomic E-state index is -0.464. The van der Waals surface area contributed by atoms with E-state index in [-0.39, 0.29) is 12.4 Å². The molecule has 0 saturated carbocycles. The Morgan fingerprint density at radius 2 is 1.89 bits per heavy atom. The molecule has 1 fully saturated rings. The molecule has 142 valence electrons. The van der Waals surface area contributed by atoms with Crippen molar-refractivity contribution in [2.45, 2.75) is 32.2 Å². The lowest BCUT2D eigenvalue weighted by Crippen LogP contribution is -2.46. The first-order valence-electron chi connectivity index (χ1n) is 9.15. The van der Waals surface area contributed by atoms with E-state index in [2.05, 4.69) is 9.97 Å². The predicted octanol–water partition coefficient (Wildman–Crippen LogP) is 2.66. The molecule has 7 heteroatoms. The number of aromatic nitrogens is 2. The fourth-order valence-corrected chi connectivity index (χ4v) is 3.08. The largest absolute Gasteiger partial charge is 0.494 e. The number of carbonyl (C=O) groups is 2. The number of hydrogen-bond acceptors (Lipinski definition) is 7. The standard InChI is InChI=1S/C20H23N3O4/c1-2-26-16-9-7-15(8-10-16)18(24)14-27-19(25)17-6-3-4-13-23(17)20-21-11-5-12-22-20/h5,7-12,17H,2-4,6,13-14H2,1H3. The maximum Gasteiger partial charge on any atom is 0.329 e. The van der Waals surface area contributed by atoms with Crippen molar-refractivity contribution in [3.05, 3.63) is 48.3 Å². The average molecular weight is 369 g/mol. The highest BCUT2D eigenvalue weighted by Crippen LogP contribution is 2.22. The number of hydrogen-bond donors (Lipinski definition) is 0. The summed E-state index contributed by atoms with van der Waals surface area (Å²) in [5, 5.41) is 0. The molecule has 0 N–H and O–H groups in total. The van der Waals surface area contributed by atoms with Crippen LogP contribution in [-0.4, -0.2) is 47.5 Å². The third-order valence-electron chi connectivity index (χ3n) is 4.42. The van der Waals surface area contributed by atoms with Gasteiger partial charge < -0.3 is 14.4 Å². The van der Waals surface area contributed by atoms with Crippen LogP contribution in [0, 0.1) is 0 Å². The summed E-state index contributed by atoms with van der Waals surface area (Å²) in [5.74, 6) is 0.551. The van der Waals surface area contributed by atoms with Gasteiger partial charge in [-0.15, -0.1) is 0 Å². The maximum absolute atomic E-state index is 12.6. The lowest BCUT2D eigenvalue weighted by molar-refractivity contribution is -0.144. The van der Waals surface area contributed by atoms with Crippen molar-refractivity contribution in [2.75, 3.05) is 24.7 Å². The highest BCUT2D eigenvalue weighted by molar-refractivity contribution is 5.98. The zero-order chi connectivity index (χ0) is 19.1. The van der Waals surface area contributed by atoms with E-state index in [1.165, 1.54) is 0 Å². The topological polar surface area (TPSA) is 81.6 Å². The molecule has 0 amide bonds. The van der Waals surface area contributed by atoms with Crippen LogP contribution in [0.5, 0.6) is 5.75 Å². The average Bonchev–Trinajstić information content (AvgIpc) is 2.73. The number of nitrogens with zero attached hydrogens (tertiary/aromatic N) is 3. The van der Waals surface area contributed by atoms with Crippen molar-refractivity contribution in [1.82, 2.24) is 9.97 Å². The van der Waals surface area contributed by atoms with E-state index < -0.39 is 12.0 Å². The minimum Gasteiger partial charge on any atom is -0.494 e. The molecule has 27 heavy (non-hydrogen) atoms. The smallest absolute Gasteiger partial charge is 0.329 e. The Bertz CT molecular complexity index is 765. The molecule has 3 rings (SSSR count). The van der Waals surface area contributed by atoms with Crippen molar-refractivity contribution in [3.8, 4) is 5.75 Å². The van der Waals surface area contributed by atoms with E-state index in [9.17, 15) is 9.59 Å². The number of benzene rings is 1. The quantitative estimate of drug-likeness (QED) is 0.548. The second-order valence-corrected chi connectivity index (χ2v) is 6.24. The van der Waals surface area contributed by atoms with Gasteiger partial charge in [0.1, 0.15) is 11.8 Å². The molecule has 2 aromatic rings. The van der Waals surface area contributed by atoms with Gasteiger partial charge in [-0.25, -0.2) is 14.8 Å². The summed E-state index contributed by atoms with van der Waals surface area (Å²) in [6.07, 6.45) is 5.85. The summed E-state index contributed by atoms with van der Waals surface area (Å²) in [6, 6.07) is 8.07. The molecule has 1 aromatic carbocycles. The summed E-state index contributed by atoms with van der Waals surface area (Å²) < 4.78 is 10.7. The van der Waals surface area contributed by atoms with Crippen molar-refractivity contribution in [1.29, 1.82) is 0 Å². The summed E-state index contributed by atoms with van der Waals surface area (Å²) in [5.41, 5.74) is 0.484. The third-order valence-corrected chi connectivity index (χ3v) is 4.42. The van der Waals surface area contributed by atoms with Crippen LogP contribution in [0.3, 0.4) is 0 Å². The molecule has 0 bridgehead atoms. The normalized spacial score (nSPS) is 16.6. The van der Waals surface area contributed by atoms with Crippen LogP contribution < -0.4 is 9.64 Å². The number of rotatable bonds is 7. The zero-order valence-electron chi connectivity index (χ0n) is 15.3. The van der Waals surface area contributed by atoms with Gasteiger partial charge in [-0.2, -0.15) is 0 Å². The molecule has 1 atom stereocenters. The monoisotopic (exact) mass is 369 g/mol. The van der Waals surface area contributed by atoms with Gasteiger partial charge in [-0.1, -0.05) is 0 Å². The highest BCUT2D eigenvalue weighted by Gasteiger charge is 2.32. The lowest BCUT2D eigenvalue weighted by Gasteiger charge is -2.33. The molecular weight excluding hydrogens is 346 g/mol. The van der Waals surface area contributed by atoms with Gasteiger partial charge in [0.2, 0.25) is 5.95 Å². The van der Waals surface area contributed by atoms with Crippen LogP contribution in [0.1, 0.15) is 36.5 Å². The van der Waals surface area contributed by atoms with E-state index in [0.717, 1.165) is 12.8 Å². The van der Waals surface area contributed by atoms with Gasteiger partial charge in [0, 0.05) is 24.5 Å². The summed E-state index contributed by atoms with van der Waals surface area (Å²) >= 11 is 0. The van der Waals surface area contributed by atoms with E-state index in [0.29, 0.717) is 36.8 Å². The first-order chi connectivity index (χ1) is 13.2. The van der Waals surface area contributed by atoms with Gasteiger partial charge in [-0.3, -0.25) is 4.79 Å². The van der Waals surface area contributed by atoms with Crippen molar-refractivity contribution < 1.29 is 19.1 Å². The number of ether oxygens (including phenoxy) is 2. The van der Waals surface area contributed by atoms with Crippen LogP contribution in [0.4, 0.5) is 5.95 Å². The Hall–Kier alpha value is -2.96. The Morgan fingerprint density at radius 1 is 1.15 bits per heavy atom. The van der Waals surface area contributed by atoms with Crippen LogP contribution >= 0.6 is 0 Å². The van der Waals surface area contributed by atoms with Crippen LogP contribution in [0.15, 0.2) is 42.7 Å². The molecule has 0 aliphatic carbocycles. The maximum atomic E-state index is 12.6. The zero-order valence-corrected chi connectivity index (χ0v) is 15.3. The lowest BCUT2D eigenvalue weighted by atomic mass is 10.0. The van der Waals surface area contributed by atoms with Crippen molar-refractivity contribution in [3.63, 3.8) is 0 Å². The van der Waals surface area contributed by atoms with E-state index >= 15 is 0 Å². The second-order valence-electron chi connectivity index (χ2n) is 6.24. The first-order valence-corrected chi connectivity index (χ1v) is 9.15. The fraction of sp³-hybridized carbons (Fsp3) is 0.400. The van der Waals surface area contributed by atoms with Gasteiger partial charge in [0.15, 0.2) is 12.4 Å². The molecule has 1 aliphatic rings. The molecule has 1 aromatic heterocycles. The number of Topliss-reactive ketones (excluding diaryl/α,β-unsaturated/α-hetero) is 1. The molecule has 1 saturated heterocycles. The molecule has 0 radical (unpaired) electrons. The molecule has 2 heterocycles. The minimum absolute atomic E-state index is 0.246. The Balaban J connectivity index is 1.59. The van der Waals surface area contributed by atoms with E-state index in [1.807, 2.05) is 11.8 Å². The summed E-state index contributed by atoms with van der Waals surface area (Å²) in [7, 11) is 0. The third kappa shape index (κ3) is 4.81. The SMILES string of the molecule is CCOc1ccc(C(=O)COC(=O)C2CCCCN2c2ncccn2)cc1. The number of piperidine rings is 1. The Morgan fingerprint density at radius 3 is 2.59 bits per heavy atom. The van der Waals surface area contributed by atoms with Gasteiger partial charge in [0.05, 0.1) is 6.61 Å². The Kier molecular flexibility index (Phi) is 6.35. The summed E-state index contributed by atoms with van der Waals surface area (Å²) in [4.78, 5) is 35.2. The van der Waals surface area contributed by atoms with Crippen LogP contribution in [0.25, 0.3) is 0 Å². The van der Waals surface area contributed by atoms with Gasteiger partial charge in [0.25, 0.3) is 0 Å². The predicted molar refractivity (Wildman–Crippen MR) is 99.9 cm³/mol. The van der Waals surface area contributed by atoms with Crippen molar-refractivity contribution in [2.24, 2.45) is 0 Å². The number of carbonyl (C=O) groups excluding carboxylic acids is 2. The summed E-state index contributed by atoms with van der Waals surface area (Å²) in [6.45, 7) is 2.87. The van der Waals surface area contributed by atoms with E-state index in [4.69, 9.17) is 9.47 Å². The fourth-order valence-electron chi connectivity index (χ4n) is 3.08. The van der Waals surface area contributed by atoms with Gasteiger partial charge in [-0.05, 0) is 56.5 Å². The molecular formula is C20H23N3O4. The highest BCUT2D eigenvalue weighted by atomic mass is 16.5. The number of esters is 1. The van der Waals surface area contributed by atoms with Gasteiger partial charge >= 0.3 is 5.97 Å². The second kappa shape index (κ2) is 9.12.